The zero-order chi connectivity index (χ0) is 11.1. The second kappa shape index (κ2) is 7.01. The van der Waals surface area contributed by atoms with Gasteiger partial charge in [-0.05, 0) is 47.0 Å². The second-order valence-corrected chi connectivity index (χ2v) is 4.54. The molecule has 2 N–H and O–H groups in total. The monoisotopic (exact) mass is 217 g/mol. The van der Waals surface area contributed by atoms with Crippen molar-refractivity contribution in [3.8, 4) is 0 Å². The third-order valence-electron chi connectivity index (χ3n) is 2.05. The van der Waals surface area contributed by atoms with Crippen molar-refractivity contribution in [2.45, 2.75) is 39.8 Å². The number of thiocarbonyl (C=S) groups is 1. The van der Waals surface area contributed by atoms with E-state index in [4.69, 9.17) is 12.2 Å². The molecule has 0 saturated heterocycles. The van der Waals surface area contributed by atoms with Gasteiger partial charge in [-0.3, -0.25) is 0 Å². The third-order valence-corrected chi connectivity index (χ3v) is 2.31. The molecule has 0 spiro atoms. The van der Waals surface area contributed by atoms with E-state index in [2.05, 4.69) is 50.3 Å². The summed E-state index contributed by atoms with van der Waals surface area (Å²) in [7, 11) is 2.12. The normalized spacial score (nSPS) is 11.1. The molecule has 14 heavy (non-hydrogen) atoms. The SMILES string of the molecule is CC(C)NC(=S)NCCN(C)C(C)C. The van der Waals surface area contributed by atoms with Crippen molar-refractivity contribution in [3.05, 3.63) is 0 Å². The smallest absolute Gasteiger partial charge is 0.166 e. The van der Waals surface area contributed by atoms with Crippen LogP contribution in [0.1, 0.15) is 27.7 Å². The quantitative estimate of drug-likeness (QED) is 0.677. The lowest BCUT2D eigenvalue weighted by atomic mass is 10.3. The van der Waals surface area contributed by atoms with Crippen LogP contribution in [0.2, 0.25) is 0 Å². The zero-order valence-corrected chi connectivity index (χ0v) is 10.7. The Bertz CT molecular complexity index is 169. The van der Waals surface area contributed by atoms with Gasteiger partial charge in [-0.25, -0.2) is 0 Å². The summed E-state index contributed by atoms with van der Waals surface area (Å²) in [6.07, 6.45) is 0. The first-order valence-corrected chi connectivity index (χ1v) is 5.59. The highest BCUT2D eigenvalue weighted by molar-refractivity contribution is 7.80. The van der Waals surface area contributed by atoms with E-state index in [1.54, 1.807) is 0 Å². The Balaban J connectivity index is 3.49. The van der Waals surface area contributed by atoms with E-state index in [-0.39, 0.29) is 0 Å². The average molecular weight is 217 g/mol. The fourth-order valence-corrected chi connectivity index (χ4v) is 1.25. The minimum absolute atomic E-state index is 0.401. The first kappa shape index (κ1) is 13.7. The summed E-state index contributed by atoms with van der Waals surface area (Å²) in [6.45, 7) is 10.4. The van der Waals surface area contributed by atoms with Crippen molar-refractivity contribution in [2.24, 2.45) is 0 Å². The van der Waals surface area contributed by atoms with Crippen LogP contribution in [0.25, 0.3) is 0 Å². The van der Waals surface area contributed by atoms with E-state index in [0.717, 1.165) is 18.2 Å². The molecule has 0 bridgehead atoms. The average Bonchev–Trinajstić information content (AvgIpc) is 2.02. The molecule has 0 radical (unpaired) electrons. The van der Waals surface area contributed by atoms with Gasteiger partial charge in [0.25, 0.3) is 0 Å². The van der Waals surface area contributed by atoms with E-state index in [1.165, 1.54) is 0 Å². The molecular formula is C10H23N3S. The van der Waals surface area contributed by atoms with Gasteiger partial charge in [-0.2, -0.15) is 0 Å². The van der Waals surface area contributed by atoms with E-state index < -0.39 is 0 Å². The van der Waals surface area contributed by atoms with Crippen LogP contribution in [0, 0.1) is 0 Å². The van der Waals surface area contributed by atoms with Crippen molar-refractivity contribution >= 4 is 17.3 Å². The highest BCUT2D eigenvalue weighted by Crippen LogP contribution is 1.90. The summed E-state index contributed by atoms with van der Waals surface area (Å²) in [5, 5.41) is 7.07. The van der Waals surface area contributed by atoms with E-state index >= 15 is 0 Å². The molecule has 0 aromatic carbocycles. The van der Waals surface area contributed by atoms with Gasteiger partial charge in [0.05, 0.1) is 0 Å². The van der Waals surface area contributed by atoms with Gasteiger partial charge in [0.1, 0.15) is 0 Å². The maximum atomic E-state index is 5.11. The molecule has 4 heteroatoms. The third kappa shape index (κ3) is 7.09. The van der Waals surface area contributed by atoms with Crippen LogP contribution in [-0.2, 0) is 0 Å². The summed E-state index contributed by atoms with van der Waals surface area (Å²) in [5.74, 6) is 0. The summed E-state index contributed by atoms with van der Waals surface area (Å²) >= 11 is 5.11. The lowest BCUT2D eigenvalue weighted by Crippen LogP contribution is -2.43. The van der Waals surface area contributed by atoms with Crippen molar-refractivity contribution < 1.29 is 0 Å². The van der Waals surface area contributed by atoms with E-state index in [1.807, 2.05) is 0 Å². The first-order valence-electron chi connectivity index (χ1n) is 5.18. The Hall–Kier alpha value is -0.350. The van der Waals surface area contributed by atoms with Crippen LogP contribution in [-0.4, -0.2) is 42.2 Å². The van der Waals surface area contributed by atoms with Gasteiger partial charge in [-0.1, -0.05) is 0 Å². The lowest BCUT2D eigenvalue weighted by Gasteiger charge is -2.21. The molecular weight excluding hydrogens is 194 g/mol. The second-order valence-electron chi connectivity index (χ2n) is 4.13. The van der Waals surface area contributed by atoms with Crippen LogP contribution in [0.4, 0.5) is 0 Å². The molecule has 0 aliphatic carbocycles. The van der Waals surface area contributed by atoms with Gasteiger partial charge >= 0.3 is 0 Å². The van der Waals surface area contributed by atoms with Crippen molar-refractivity contribution in [1.29, 1.82) is 0 Å². The maximum Gasteiger partial charge on any atom is 0.166 e. The fraction of sp³-hybridized carbons (Fsp3) is 0.900. The van der Waals surface area contributed by atoms with Crippen LogP contribution in [0.15, 0.2) is 0 Å². The number of hydrogen-bond acceptors (Lipinski definition) is 2. The number of rotatable bonds is 5. The van der Waals surface area contributed by atoms with Crippen molar-refractivity contribution in [3.63, 3.8) is 0 Å². The van der Waals surface area contributed by atoms with Gasteiger partial charge in [0.15, 0.2) is 5.11 Å². The molecule has 3 nitrogen and oxygen atoms in total. The van der Waals surface area contributed by atoms with Gasteiger partial charge in [0.2, 0.25) is 0 Å². The topological polar surface area (TPSA) is 27.3 Å². The Morgan fingerprint density at radius 2 is 1.86 bits per heavy atom. The minimum atomic E-state index is 0.401. The van der Waals surface area contributed by atoms with E-state index in [0.29, 0.717) is 12.1 Å². The van der Waals surface area contributed by atoms with Crippen LogP contribution < -0.4 is 10.6 Å². The number of likely N-dealkylation sites (N-methyl/N-ethyl adjacent to an activating group) is 1. The zero-order valence-electron chi connectivity index (χ0n) is 9.92. The number of nitrogens with zero attached hydrogens (tertiary/aromatic N) is 1. The van der Waals surface area contributed by atoms with Gasteiger partial charge < -0.3 is 15.5 Å². The minimum Gasteiger partial charge on any atom is -0.361 e. The number of hydrogen-bond donors (Lipinski definition) is 2. The molecule has 0 aromatic heterocycles. The molecule has 0 aromatic rings. The lowest BCUT2D eigenvalue weighted by molar-refractivity contribution is 0.278. The van der Waals surface area contributed by atoms with Gasteiger partial charge in [-0.15, -0.1) is 0 Å². The molecule has 0 saturated carbocycles. The predicted molar refractivity (Wildman–Crippen MR) is 66.6 cm³/mol. The molecule has 0 aliphatic heterocycles. The van der Waals surface area contributed by atoms with Crippen LogP contribution in [0.3, 0.4) is 0 Å². The molecule has 0 aliphatic rings. The molecule has 0 amide bonds. The fourth-order valence-electron chi connectivity index (χ4n) is 0.917. The van der Waals surface area contributed by atoms with E-state index in [9.17, 15) is 0 Å². The first-order chi connectivity index (χ1) is 6.43. The maximum absolute atomic E-state index is 5.11. The molecule has 84 valence electrons. The summed E-state index contributed by atoms with van der Waals surface area (Å²) < 4.78 is 0. The molecule has 0 heterocycles. The standard InChI is InChI=1S/C10H23N3S/c1-8(2)12-10(14)11-6-7-13(5)9(3)4/h8-9H,6-7H2,1-5H3,(H2,11,12,14). The highest BCUT2D eigenvalue weighted by atomic mass is 32.1. The Kier molecular flexibility index (Phi) is 6.83. The Morgan fingerprint density at radius 3 is 2.29 bits per heavy atom. The highest BCUT2D eigenvalue weighted by Gasteiger charge is 2.02. The molecule has 0 atom stereocenters. The van der Waals surface area contributed by atoms with Crippen LogP contribution in [0.5, 0.6) is 0 Å². The van der Waals surface area contributed by atoms with Crippen LogP contribution >= 0.6 is 12.2 Å². The Morgan fingerprint density at radius 1 is 1.29 bits per heavy atom. The summed E-state index contributed by atoms with van der Waals surface area (Å²) in [5.41, 5.74) is 0. The van der Waals surface area contributed by atoms with Crippen molar-refractivity contribution in [1.82, 2.24) is 15.5 Å². The van der Waals surface area contributed by atoms with Crippen molar-refractivity contribution in [2.75, 3.05) is 20.1 Å². The van der Waals surface area contributed by atoms with Gasteiger partial charge in [0, 0.05) is 25.2 Å². The largest absolute Gasteiger partial charge is 0.361 e. The molecule has 0 fully saturated rings. The predicted octanol–water partition coefficient (Wildman–Crippen LogP) is 1.20. The Labute approximate surface area is 93.2 Å². The number of nitrogens with one attached hydrogen (secondary N) is 2. The molecule has 0 unspecified atom stereocenters. The molecule has 0 rings (SSSR count). The summed E-state index contributed by atoms with van der Waals surface area (Å²) in [4.78, 5) is 2.28. The summed E-state index contributed by atoms with van der Waals surface area (Å²) in [6, 6.07) is 0.987.